The van der Waals surface area contributed by atoms with Crippen LogP contribution in [0.25, 0.3) is 28.2 Å². The molecule has 2 heterocycles. The zero-order valence-electron chi connectivity index (χ0n) is 16.9. The fraction of sp³-hybridized carbons (Fsp3) is 0.217. The van der Waals surface area contributed by atoms with Crippen molar-refractivity contribution in [2.45, 2.75) is 20.0 Å². The summed E-state index contributed by atoms with van der Waals surface area (Å²) in [4.78, 5) is 9.07. The maximum atomic E-state index is 5.82. The van der Waals surface area contributed by atoms with E-state index < -0.39 is 0 Å². The molecule has 0 spiro atoms. The van der Waals surface area contributed by atoms with Crippen molar-refractivity contribution in [1.29, 1.82) is 0 Å². The number of methoxy groups -OCH3 is 2. The van der Waals surface area contributed by atoms with Crippen LogP contribution in [0.1, 0.15) is 13.8 Å². The van der Waals surface area contributed by atoms with Crippen LogP contribution >= 0.6 is 0 Å². The van der Waals surface area contributed by atoms with Gasteiger partial charge in [-0.3, -0.25) is 9.38 Å². The summed E-state index contributed by atoms with van der Waals surface area (Å²) in [6.45, 7) is 4.02. The maximum absolute atomic E-state index is 5.82. The molecule has 0 atom stereocenters. The van der Waals surface area contributed by atoms with Crippen molar-refractivity contribution in [1.82, 2.24) is 14.4 Å². The Morgan fingerprint density at radius 3 is 2.45 bits per heavy atom. The van der Waals surface area contributed by atoms with Gasteiger partial charge >= 0.3 is 0 Å². The minimum Gasteiger partial charge on any atom is -0.493 e. The summed E-state index contributed by atoms with van der Waals surface area (Å²) in [6.07, 6.45) is 5.71. The molecule has 4 aromatic rings. The van der Waals surface area contributed by atoms with Crippen molar-refractivity contribution < 1.29 is 14.2 Å². The molecule has 29 heavy (non-hydrogen) atoms. The zero-order chi connectivity index (χ0) is 20.4. The minimum absolute atomic E-state index is 0.117. The van der Waals surface area contributed by atoms with Crippen LogP contribution < -0.4 is 14.2 Å². The molecular formula is C23H23N3O3. The summed E-state index contributed by atoms with van der Waals surface area (Å²) in [6, 6.07) is 13.8. The molecule has 0 bridgehead atoms. The molecule has 0 N–H and O–H groups in total. The summed E-state index contributed by atoms with van der Waals surface area (Å²) in [5.41, 5.74) is 4.51. The minimum atomic E-state index is 0.117. The van der Waals surface area contributed by atoms with Crippen LogP contribution in [-0.4, -0.2) is 34.7 Å². The van der Waals surface area contributed by atoms with Gasteiger partial charge in [-0.15, -0.1) is 0 Å². The van der Waals surface area contributed by atoms with Gasteiger partial charge in [0, 0.05) is 17.3 Å². The molecule has 0 amide bonds. The number of fused-ring (bicyclic) bond motifs is 1. The lowest BCUT2D eigenvalue weighted by molar-refractivity contribution is 0.242. The second kappa shape index (κ2) is 7.83. The monoisotopic (exact) mass is 389 g/mol. The Bertz CT molecular complexity index is 1150. The highest BCUT2D eigenvalue weighted by molar-refractivity contribution is 5.69. The van der Waals surface area contributed by atoms with E-state index in [0.29, 0.717) is 11.5 Å². The number of rotatable bonds is 6. The number of nitrogens with zero attached hydrogens (tertiary/aromatic N) is 3. The number of aromatic nitrogens is 3. The Hall–Kier alpha value is -3.54. The quantitative estimate of drug-likeness (QED) is 0.471. The Labute approximate surface area is 169 Å². The van der Waals surface area contributed by atoms with Gasteiger partial charge in [-0.1, -0.05) is 12.1 Å². The molecule has 4 rings (SSSR count). The van der Waals surface area contributed by atoms with E-state index >= 15 is 0 Å². The lowest BCUT2D eigenvalue weighted by Gasteiger charge is -2.11. The summed E-state index contributed by atoms with van der Waals surface area (Å²) in [5.74, 6) is 2.19. The van der Waals surface area contributed by atoms with Gasteiger partial charge in [0.1, 0.15) is 5.75 Å². The van der Waals surface area contributed by atoms with Gasteiger partial charge < -0.3 is 14.2 Å². The number of benzene rings is 2. The van der Waals surface area contributed by atoms with Crippen molar-refractivity contribution in [3.63, 3.8) is 0 Å². The average molecular weight is 389 g/mol. The highest BCUT2D eigenvalue weighted by Gasteiger charge is 2.12. The first-order chi connectivity index (χ1) is 14.1. The average Bonchev–Trinajstić information content (AvgIpc) is 3.16. The standard InChI is InChI=1S/C23H23N3O3/c1-15(2)29-18-7-5-6-16(10-18)19-14-26-20(12-25-23(26)13-24-19)17-8-9-21(27-3)22(11-17)28-4/h5-15H,1-4H3. The van der Waals surface area contributed by atoms with Crippen LogP contribution in [0.5, 0.6) is 17.2 Å². The van der Waals surface area contributed by atoms with Crippen molar-refractivity contribution in [2.24, 2.45) is 0 Å². The van der Waals surface area contributed by atoms with Crippen LogP contribution in [0.4, 0.5) is 0 Å². The van der Waals surface area contributed by atoms with Crippen molar-refractivity contribution in [2.75, 3.05) is 14.2 Å². The lowest BCUT2D eigenvalue weighted by atomic mass is 10.1. The molecule has 6 nitrogen and oxygen atoms in total. The molecule has 0 saturated carbocycles. The van der Waals surface area contributed by atoms with Gasteiger partial charge in [0.2, 0.25) is 0 Å². The molecular weight excluding hydrogens is 366 g/mol. The van der Waals surface area contributed by atoms with Gasteiger partial charge in [0.15, 0.2) is 17.1 Å². The smallest absolute Gasteiger partial charge is 0.161 e. The van der Waals surface area contributed by atoms with Gasteiger partial charge in [-0.25, -0.2) is 4.98 Å². The fourth-order valence-electron chi connectivity index (χ4n) is 3.25. The SMILES string of the molecule is COc1ccc(-c2cnc3cnc(-c4cccc(OC(C)C)c4)cn23)cc1OC. The van der Waals surface area contributed by atoms with E-state index in [1.165, 1.54) is 0 Å². The summed E-state index contributed by atoms with van der Waals surface area (Å²) < 4.78 is 18.6. The molecule has 0 aliphatic heterocycles. The predicted octanol–water partition coefficient (Wildman–Crippen LogP) is 4.87. The van der Waals surface area contributed by atoms with Gasteiger partial charge in [-0.2, -0.15) is 0 Å². The largest absolute Gasteiger partial charge is 0.493 e. The number of imidazole rings is 1. The number of hydrogen-bond acceptors (Lipinski definition) is 5. The molecule has 0 unspecified atom stereocenters. The Kier molecular flexibility index (Phi) is 5.08. The molecule has 2 aromatic heterocycles. The molecule has 0 fully saturated rings. The van der Waals surface area contributed by atoms with Crippen molar-refractivity contribution >= 4 is 5.65 Å². The van der Waals surface area contributed by atoms with E-state index in [9.17, 15) is 0 Å². The zero-order valence-corrected chi connectivity index (χ0v) is 16.9. The topological polar surface area (TPSA) is 57.9 Å². The van der Waals surface area contributed by atoms with E-state index in [4.69, 9.17) is 14.2 Å². The second-order valence-corrected chi connectivity index (χ2v) is 6.91. The molecule has 0 aliphatic rings. The maximum Gasteiger partial charge on any atom is 0.161 e. The highest BCUT2D eigenvalue weighted by Crippen LogP contribution is 2.33. The van der Waals surface area contributed by atoms with E-state index in [1.807, 2.05) is 73.1 Å². The molecule has 0 saturated heterocycles. The van der Waals surface area contributed by atoms with Crippen LogP contribution in [0.15, 0.2) is 61.1 Å². The first kappa shape index (κ1) is 18.8. The Morgan fingerprint density at radius 2 is 1.69 bits per heavy atom. The Balaban J connectivity index is 1.78. The molecule has 2 aromatic carbocycles. The molecule has 0 radical (unpaired) electrons. The molecule has 6 heteroatoms. The fourth-order valence-corrected chi connectivity index (χ4v) is 3.25. The Morgan fingerprint density at radius 1 is 0.862 bits per heavy atom. The van der Waals surface area contributed by atoms with E-state index in [1.54, 1.807) is 20.4 Å². The van der Waals surface area contributed by atoms with Gasteiger partial charge in [-0.05, 0) is 44.2 Å². The van der Waals surface area contributed by atoms with Gasteiger partial charge in [0.05, 0.1) is 44.1 Å². The highest BCUT2D eigenvalue weighted by atomic mass is 16.5. The normalized spacial score (nSPS) is 11.1. The van der Waals surface area contributed by atoms with E-state index in [-0.39, 0.29) is 6.10 Å². The van der Waals surface area contributed by atoms with Crippen LogP contribution in [0.2, 0.25) is 0 Å². The van der Waals surface area contributed by atoms with Crippen molar-refractivity contribution in [3.05, 3.63) is 61.1 Å². The van der Waals surface area contributed by atoms with E-state index in [2.05, 4.69) is 9.97 Å². The third kappa shape index (κ3) is 3.74. The number of hydrogen-bond donors (Lipinski definition) is 0. The van der Waals surface area contributed by atoms with Crippen LogP contribution in [-0.2, 0) is 0 Å². The second-order valence-electron chi connectivity index (χ2n) is 6.91. The summed E-state index contributed by atoms with van der Waals surface area (Å²) in [5, 5.41) is 0. The molecule has 148 valence electrons. The summed E-state index contributed by atoms with van der Waals surface area (Å²) >= 11 is 0. The number of ether oxygens (including phenoxy) is 3. The third-order valence-electron chi connectivity index (χ3n) is 4.58. The van der Waals surface area contributed by atoms with Gasteiger partial charge in [0.25, 0.3) is 0 Å². The van der Waals surface area contributed by atoms with Crippen LogP contribution in [0, 0.1) is 0 Å². The molecule has 0 aliphatic carbocycles. The third-order valence-corrected chi connectivity index (χ3v) is 4.58. The first-order valence-corrected chi connectivity index (χ1v) is 9.41. The predicted molar refractivity (Wildman–Crippen MR) is 113 cm³/mol. The lowest BCUT2D eigenvalue weighted by Crippen LogP contribution is -2.05. The first-order valence-electron chi connectivity index (χ1n) is 9.41. The van der Waals surface area contributed by atoms with E-state index in [0.717, 1.165) is 33.9 Å². The van der Waals surface area contributed by atoms with Crippen molar-refractivity contribution in [3.8, 4) is 39.8 Å². The summed E-state index contributed by atoms with van der Waals surface area (Å²) in [7, 11) is 3.26. The van der Waals surface area contributed by atoms with Crippen LogP contribution in [0.3, 0.4) is 0 Å².